The summed E-state index contributed by atoms with van der Waals surface area (Å²) >= 11 is 8.03. The van der Waals surface area contributed by atoms with Crippen LogP contribution in [0.4, 0.5) is 10.1 Å². The van der Waals surface area contributed by atoms with Crippen LogP contribution in [0.2, 0.25) is 0 Å². The third kappa shape index (κ3) is 3.30. The van der Waals surface area contributed by atoms with Gasteiger partial charge in [-0.3, -0.25) is 0 Å². The van der Waals surface area contributed by atoms with E-state index in [9.17, 15) is 4.39 Å². The van der Waals surface area contributed by atoms with Crippen LogP contribution in [0.5, 0.6) is 0 Å². The number of hydrogen-bond acceptors (Lipinski definition) is 2. The van der Waals surface area contributed by atoms with Crippen LogP contribution in [0.3, 0.4) is 0 Å². The average molecular weight is 339 g/mol. The van der Waals surface area contributed by atoms with E-state index in [1.165, 1.54) is 0 Å². The highest BCUT2D eigenvalue weighted by Gasteiger charge is 2.12. The van der Waals surface area contributed by atoms with Crippen molar-refractivity contribution in [3.63, 3.8) is 0 Å². The topological polar surface area (TPSA) is 38.0 Å². The zero-order valence-corrected chi connectivity index (χ0v) is 12.4. The molecule has 0 radical (unpaired) electrons. The summed E-state index contributed by atoms with van der Waals surface area (Å²) in [5.74, 6) is -0.388. The summed E-state index contributed by atoms with van der Waals surface area (Å²) in [6.45, 7) is 0.552. The van der Waals surface area contributed by atoms with Crippen LogP contribution in [-0.4, -0.2) is 4.99 Å². The molecule has 19 heavy (non-hydrogen) atoms. The van der Waals surface area contributed by atoms with Crippen molar-refractivity contribution in [1.82, 2.24) is 0 Å². The van der Waals surface area contributed by atoms with Crippen molar-refractivity contribution >= 4 is 38.8 Å². The molecule has 3 N–H and O–H groups in total. The summed E-state index contributed by atoms with van der Waals surface area (Å²) in [6, 6.07) is 13.1. The summed E-state index contributed by atoms with van der Waals surface area (Å²) in [5.41, 5.74) is 7.50. The predicted molar refractivity (Wildman–Crippen MR) is 83.8 cm³/mol. The number of rotatable bonds is 4. The molecule has 0 bridgehead atoms. The molecule has 0 amide bonds. The quantitative estimate of drug-likeness (QED) is 0.832. The minimum Gasteiger partial charge on any atom is -0.389 e. The Morgan fingerprint density at radius 3 is 2.53 bits per heavy atom. The maximum Gasteiger partial charge on any atom is 0.161 e. The molecule has 98 valence electrons. The van der Waals surface area contributed by atoms with Crippen molar-refractivity contribution in [3.8, 4) is 0 Å². The Bertz CT molecular complexity index is 602. The van der Waals surface area contributed by atoms with Crippen LogP contribution in [0.25, 0.3) is 0 Å². The standard InChI is InChI=1S/C14H12BrFN2S/c15-12-10(14(17)19)6-7-11(13(12)16)18-8-9-4-2-1-3-5-9/h1-7,18H,8H2,(H2,17,19). The molecule has 0 aliphatic carbocycles. The first-order valence-electron chi connectivity index (χ1n) is 5.65. The second kappa shape index (κ2) is 6.12. The van der Waals surface area contributed by atoms with Crippen molar-refractivity contribution in [2.75, 3.05) is 5.32 Å². The van der Waals surface area contributed by atoms with Gasteiger partial charge in [0.15, 0.2) is 5.82 Å². The van der Waals surface area contributed by atoms with Gasteiger partial charge in [-0.2, -0.15) is 0 Å². The first-order chi connectivity index (χ1) is 9.09. The third-order valence-electron chi connectivity index (χ3n) is 2.67. The normalized spacial score (nSPS) is 10.2. The largest absolute Gasteiger partial charge is 0.389 e. The van der Waals surface area contributed by atoms with E-state index in [1.807, 2.05) is 30.3 Å². The van der Waals surface area contributed by atoms with E-state index in [0.29, 0.717) is 17.8 Å². The van der Waals surface area contributed by atoms with Crippen molar-refractivity contribution in [1.29, 1.82) is 0 Å². The molecule has 0 fully saturated rings. The molecular formula is C14H12BrFN2S. The molecule has 0 spiro atoms. The summed E-state index contributed by atoms with van der Waals surface area (Å²) in [4.78, 5) is 0.167. The lowest BCUT2D eigenvalue weighted by atomic mass is 10.2. The molecule has 0 saturated carbocycles. The van der Waals surface area contributed by atoms with Crippen molar-refractivity contribution < 1.29 is 4.39 Å². The summed E-state index contributed by atoms with van der Waals surface area (Å²) in [6.07, 6.45) is 0. The Kier molecular flexibility index (Phi) is 4.50. The molecule has 0 saturated heterocycles. The second-order valence-corrected chi connectivity index (χ2v) is 5.22. The molecule has 2 nitrogen and oxygen atoms in total. The van der Waals surface area contributed by atoms with Gasteiger partial charge in [0.25, 0.3) is 0 Å². The summed E-state index contributed by atoms with van der Waals surface area (Å²) < 4.78 is 14.4. The molecule has 2 aromatic rings. The number of nitrogens with two attached hydrogens (primary N) is 1. The molecule has 0 aliphatic rings. The van der Waals surface area contributed by atoms with Gasteiger partial charge in [-0.1, -0.05) is 42.5 Å². The lowest BCUT2D eigenvalue weighted by molar-refractivity contribution is 0.623. The molecule has 2 aromatic carbocycles. The molecule has 0 aromatic heterocycles. The Labute approximate surface area is 124 Å². The fraction of sp³-hybridized carbons (Fsp3) is 0.0714. The van der Waals surface area contributed by atoms with Gasteiger partial charge in [0.05, 0.1) is 10.2 Å². The molecule has 0 aliphatic heterocycles. The Morgan fingerprint density at radius 2 is 1.89 bits per heavy atom. The molecule has 5 heteroatoms. The van der Waals surface area contributed by atoms with Crippen LogP contribution < -0.4 is 11.1 Å². The first kappa shape index (κ1) is 14.0. The molecule has 0 heterocycles. The predicted octanol–water partition coefficient (Wildman–Crippen LogP) is 3.83. The SMILES string of the molecule is NC(=S)c1ccc(NCc2ccccc2)c(F)c1Br. The van der Waals surface area contributed by atoms with Crippen LogP contribution in [0.15, 0.2) is 46.9 Å². The zero-order valence-electron chi connectivity index (χ0n) is 9.99. The minimum atomic E-state index is -0.388. The highest BCUT2D eigenvalue weighted by molar-refractivity contribution is 9.10. The first-order valence-corrected chi connectivity index (χ1v) is 6.85. The van der Waals surface area contributed by atoms with E-state index in [1.54, 1.807) is 12.1 Å². The van der Waals surface area contributed by atoms with Crippen molar-refractivity contribution in [2.24, 2.45) is 5.73 Å². The number of hydrogen-bond donors (Lipinski definition) is 2. The van der Waals surface area contributed by atoms with Gasteiger partial charge in [-0.15, -0.1) is 0 Å². The van der Waals surface area contributed by atoms with E-state index in [0.717, 1.165) is 5.56 Å². The smallest absolute Gasteiger partial charge is 0.161 e. The Morgan fingerprint density at radius 1 is 1.21 bits per heavy atom. The van der Waals surface area contributed by atoms with E-state index >= 15 is 0 Å². The molecule has 2 rings (SSSR count). The maximum absolute atomic E-state index is 14.1. The Hall–Kier alpha value is -1.46. The van der Waals surface area contributed by atoms with Crippen molar-refractivity contribution in [3.05, 3.63) is 63.9 Å². The monoisotopic (exact) mass is 338 g/mol. The van der Waals surface area contributed by atoms with E-state index in [4.69, 9.17) is 18.0 Å². The van der Waals surface area contributed by atoms with Gasteiger partial charge in [-0.25, -0.2) is 4.39 Å². The highest BCUT2D eigenvalue weighted by Crippen LogP contribution is 2.27. The van der Waals surface area contributed by atoms with Gasteiger partial charge in [0, 0.05) is 12.1 Å². The summed E-state index contributed by atoms with van der Waals surface area (Å²) in [5, 5.41) is 3.05. The van der Waals surface area contributed by atoms with E-state index in [2.05, 4.69) is 21.2 Å². The molecule has 0 atom stereocenters. The van der Waals surface area contributed by atoms with Gasteiger partial charge >= 0.3 is 0 Å². The van der Waals surface area contributed by atoms with Crippen LogP contribution >= 0.6 is 28.1 Å². The maximum atomic E-state index is 14.1. The molecular weight excluding hydrogens is 327 g/mol. The van der Waals surface area contributed by atoms with Crippen LogP contribution in [0.1, 0.15) is 11.1 Å². The second-order valence-electron chi connectivity index (χ2n) is 3.99. The van der Waals surface area contributed by atoms with Gasteiger partial charge < -0.3 is 11.1 Å². The van der Waals surface area contributed by atoms with Gasteiger partial charge in [0.2, 0.25) is 0 Å². The van der Waals surface area contributed by atoms with E-state index < -0.39 is 0 Å². The van der Waals surface area contributed by atoms with Crippen LogP contribution in [0, 0.1) is 5.82 Å². The molecule has 0 unspecified atom stereocenters. The van der Waals surface area contributed by atoms with E-state index in [-0.39, 0.29) is 15.3 Å². The highest BCUT2D eigenvalue weighted by atomic mass is 79.9. The fourth-order valence-corrected chi connectivity index (χ4v) is 2.53. The number of thiocarbonyl (C=S) groups is 1. The third-order valence-corrected chi connectivity index (χ3v) is 3.67. The van der Waals surface area contributed by atoms with Crippen molar-refractivity contribution in [2.45, 2.75) is 6.54 Å². The number of nitrogens with one attached hydrogen (secondary N) is 1. The average Bonchev–Trinajstić information content (AvgIpc) is 2.41. The number of anilines is 1. The van der Waals surface area contributed by atoms with Crippen LogP contribution in [-0.2, 0) is 6.54 Å². The minimum absolute atomic E-state index is 0.167. The number of benzene rings is 2. The lowest BCUT2D eigenvalue weighted by Gasteiger charge is -2.11. The zero-order chi connectivity index (χ0) is 13.8. The lowest BCUT2D eigenvalue weighted by Crippen LogP contribution is -2.12. The van der Waals surface area contributed by atoms with Gasteiger partial charge in [-0.05, 0) is 33.6 Å². The number of halogens is 2. The fourth-order valence-electron chi connectivity index (χ4n) is 1.67. The Balaban J connectivity index is 2.18. The van der Waals surface area contributed by atoms with Gasteiger partial charge in [0.1, 0.15) is 4.99 Å². The summed E-state index contributed by atoms with van der Waals surface area (Å²) in [7, 11) is 0.